The van der Waals surface area contributed by atoms with Crippen LogP contribution in [0.25, 0.3) is 0 Å². The molecule has 4 heteroatoms. The molecule has 0 aliphatic heterocycles. The highest BCUT2D eigenvalue weighted by Crippen LogP contribution is 2.06. The first-order valence-corrected chi connectivity index (χ1v) is 4.73. The number of nitrogens with zero attached hydrogens (tertiary/aromatic N) is 1. The van der Waals surface area contributed by atoms with E-state index in [1.807, 2.05) is 19.1 Å². The molecule has 0 aromatic carbocycles. The van der Waals surface area contributed by atoms with Crippen LogP contribution in [0.15, 0.2) is 23.6 Å². The molecule has 0 aromatic heterocycles. The van der Waals surface area contributed by atoms with Gasteiger partial charge in [0.2, 0.25) is 0 Å². The van der Waals surface area contributed by atoms with Crippen LogP contribution in [0.3, 0.4) is 0 Å². The van der Waals surface area contributed by atoms with Crippen molar-refractivity contribution in [3.8, 4) is 0 Å². The average molecular weight is 201 g/mol. The molecule has 76 valence electrons. The summed E-state index contributed by atoms with van der Waals surface area (Å²) < 4.78 is 0. The van der Waals surface area contributed by atoms with Crippen LogP contribution >= 0.6 is 12.6 Å². The quantitative estimate of drug-likeness (QED) is 0.344. The number of hydrazine groups is 2. The molecule has 2 N–H and O–H groups in total. The van der Waals surface area contributed by atoms with Crippen molar-refractivity contribution >= 4 is 12.6 Å². The molecule has 0 saturated heterocycles. The van der Waals surface area contributed by atoms with Crippen molar-refractivity contribution in [2.24, 2.45) is 0 Å². The van der Waals surface area contributed by atoms with Crippen LogP contribution in [0.5, 0.6) is 0 Å². The van der Waals surface area contributed by atoms with Crippen molar-refractivity contribution in [1.82, 2.24) is 16.0 Å². The second kappa shape index (κ2) is 7.15. The minimum Gasteiger partial charge on any atom is -0.247 e. The van der Waals surface area contributed by atoms with Crippen molar-refractivity contribution in [3.05, 3.63) is 23.6 Å². The van der Waals surface area contributed by atoms with Gasteiger partial charge in [-0.05, 0) is 25.3 Å². The fourth-order valence-corrected chi connectivity index (χ4v) is 0.925. The van der Waals surface area contributed by atoms with E-state index in [9.17, 15) is 0 Å². The van der Waals surface area contributed by atoms with Crippen molar-refractivity contribution < 1.29 is 0 Å². The van der Waals surface area contributed by atoms with Crippen molar-refractivity contribution in [2.75, 3.05) is 14.1 Å². The van der Waals surface area contributed by atoms with Crippen molar-refractivity contribution in [2.45, 2.75) is 19.4 Å². The highest BCUT2D eigenvalue weighted by Gasteiger charge is 2.05. The predicted molar refractivity (Wildman–Crippen MR) is 61.3 cm³/mol. The van der Waals surface area contributed by atoms with E-state index in [1.54, 1.807) is 6.08 Å². The Morgan fingerprint density at radius 2 is 2.31 bits per heavy atom. The summed E-state index contributed by atoms with van der Waals surface area (Å²) in [6, 6.07) is 0.412. The SMILES string of the molecule is C=C/C(S)=C\CC(C)N(C)NNC. The maximum Gasteiger partial charge on any atom is 0.0260 e. The van der Waals surface area contributed by atoms with Gasteiger partial charge in [0.05, 0.1) is 0 Å². The van der Waals surface area contributed by atoms with Crippen LogP contribution in [-0.4, -0.2) is 25.1 Å². The van der Waals surface area contributed by atoms with E-state index in [-0.39, 0.29) is 0 Å². The summed E-state index contributed by atoms with van der Waals surface area (Å²) >= 11 is 4.21. The van der Waals surface area contributed by atoms with Crippen molar-refractivity contribution in [3.63, 3.8) is 0 Å². The minimum absolute atomic E-state index is 0.412. The molecule has 0 spiro atoms. The number of thiol groups is 1. The second-order valence-corrected chi connectivity index (χ2v) is 3.41. The monoisotopic (exact) mass is 201 g/mol. The van der Waals surface area contributed by atoms with Crippen LogP contribution in [0.2, 0.25) is 0 Å². The Bertz CT molecular complexity index is 180. The smallest absolute Gasteiger partial charge is 0.0260 e. The number of nitrogens with one attached hydrogen (secondary N) is 2. The maximum absolute atomic E-state index is 4.21. The molecule has 0 aliphatic rings. The number of rotatable bonds is 6. The predicted octanol–water partition coefficient (Wildman–Crippen LogP) is 1.34. The maximum atomic E-state index is 4.21. The first-order chi connectivity index (χ1) is 6.11. The van der Waals surface area contributed by atoms with Crippen LogP contribution in [0.4, 0.5) is 0 Å². The number of allylic oxidation sites excluding steroid dienone is 1. The summed E-state index contributed by atoms with van der Waals surface area (Å²) in [4.78, 5) is 0.921. The molecule has 0 radical (unpaired) electrons. The van der Waals surface area contributed by atoms with Crippen LogP contribution in [0.1, 0.15) is 13.3 Å². The average Bonchev–Trinajstić information content (AvgIpc) is 2.13. The Labute approximate surface area is 86.2 Å². The largest absolute Gasteiger partial charge is 0.247 e. The fourth-order valence-electron chi connectivity index (χ4n) is 0.819. The molecule has 0 aliphatic carbocycles. The van der Waals surface area contributed by atoms with Crippen LogP contribution in [-0.2, 0) is 0 Å². The van der Waals surface area contributed by atoms with Gasteiger partial charge in [-0.1, -0.05) is 18.7 Å². The Hall–Kier alpha value is -0.290. The van der Waals surface area contributed by atoms with Gasteiger partial charge in [-0.25, -0.2) is 10.4 Å². The molecule has 0 bridgehead atoms. The molecular weight excluding hydrogens is 182 g/mol. The van der Waals surface area contributed by atoms with E-state index >= 15 is 0 Å². The number of hydrogen-bond acceptors (Lipinski definition) is 4. The van der Waals surface area contributed by atoms with Gasteiger partial charge < -0.3 is 0 Å². The Balaban J connectivity index is 3.85. The molecule has 0 fully saturated rings. The van der Waals surface area contributed by atoms with E-state index in [1.165, 1.54) is 0 Å². The zero-order valence-electron chi connectivity index (χ0n) is 8.54. The summed E-state index contributed by atoms with van der Waals surface area (Å²) in [6.45, 7) is 5.76. The topological polar surface area (TPSA) is 27.3 Å². The van der Waals surface area contributed by atoms with E-state index in [4.69, 9.17) is 0 Å². The van der Waals surface area contributed by atoms with E-state index in [0.717, 1.165) is 11.3 Å². The molecule has 0 amide bonds. The summed E-state index contributed by atoms with van der Waals surface area (Å²) in [5, 5.41) is 2.00. The Kier molecular flexibility index (Phi) is 6.99. The van der Waals surface area contributed by atoms with Crippen molar-refractivity contribution in [1.29, 1.82) is 0 Å². The molecule has 0 saturated carbocycles. The normalized spacial score (nSPS) is 14.7. The van der Waals surface area contributed by atoms with Gasteiger partial charge >= 0.3 is 0 Å². The molecular formula is C9H19N3S. The lowest BCUT2D eigenvalue weighted by atomic mass is 10.2. The Morgan fingerprint density at radius 3 is 2.77 bits per heavy atom. The first kappa shape index (κ1) is 12.7. The van der Waals surface area contributed by atoms with E-state index < -0.39 is 0 Å². The number of hydrogen-bond donors (Lipinski definition) is 3. The summed E-state index contributed by atoms with van der Waals surface area (Å²) in [5.74, 6) is 0. The highest BCUT2D eigenvalue weighted by molar-refractivity contribution is 7.84. The van der Waals surface area contributed by atoms with Gasteiger partial charge in [0.25, 0.3) is 0 Å². The zero-order valence-corrected chi connectivity index (χ0v) is 9.44. The second-order valence-electron chi connectivity index (χ2n) is 2.89. The van der Waals surface area contributed by atoms with Gasteiger partial charge in [0, 0.05) is 13.1 Å². The fraction of sp³-hybridized carbons (Fsp3) is 0.556. The molecule has 3 nitrogen and oxygen atoms in total. The summed E-state index contributed by atoms with van der Waals surface area (Å²) in [5.41, 5.74) is 5.86. The first-order valence-electron chi connectivity index (χ1n) is 4.28. The standard InChI is InChI=1S/C9H19N3S/c1-5-9(13)7-6-8(2)12(4)11-10-3/h5,7-8,10-11,13H,1,6H2,2-4H3/b9-7+. The van der Waals surface area contributed by atoms with Gasteiger partial charge in [0.1, 0.15) is 0 Å². The third-order valence-corrected chi connectivity index (χ3v) is 2.19. The van der Waals surface area contributed by atoms with Crippen LogP contribution in [0, 0.1) is 0 Å². The van der Waals surface area contributed by atoms with Crippen LogP contribution < -0.4 is 11.0 Å². The summed E-state index contributed by atoms with van der Waals surface area (Å²) in [6.07, 6.45) is 4.73. The summed E-state index contributed by atoms with van der Waals surface area (Å²) in [7, 11) is 3.83. The van der Waals surface area contributed by atoms with Gasteiger partial charge in [-0.2, -0.15) is 5.53 Å². The molecule has 0 heterocycles. The van der Waals surface area contributed by atoms with Gasteiger partial charge in [-0.3, -0.25) is 0 Å². The molecule has 0 rings (SSSR count). The zero-order chi connectivity index (χ0) is 10.3. The third kappa shape index (κ3) is 5.87. The lowest BCUT2D eigenvalue weighted by Gasteiger charge is -2.23. The molecule has 13 heavy (non-hydrogen) atoms. The Morgan fingerprint density at radius 1 is 1.69 bits per heavy atom. The van der Waals surface area contributed by atoms with E-state index in [0.29, 0.717) is 6.04 Å². The third-order valence-electron chi connectivity index (χ3n) is 1.83. The molecule has 0 aromatic rings. The minimum atomic E-state index is 0.412. The van der Waals surface area contributed by atoms with Gasteiger partial charge in [0.15, 0.2) is 0 Å². The molecule has 1 atom stereocenters. The molecule has 1 unspecified atom stereocenters. The highest BCUT2D eigenvalue weighted by atomic mass is 32.1. The van der Waals surface area contributed by atoms with Gasteiger partial charge in [-0.15, -0.1) is 12.6 Å². The lowest BCUT2D eigenvalue weighted by molar-refractivity contribution is 0.150. The lowest BCUT2D eigenvalue weighted by Crippen LogP contribution is -2.47. The van der Waals surface area contributed by atoms with E-state index in [2.05, 4.69) is 43.2 Å².